The first kappa shape index (κ1) is 10.4. The van der Waals surface area contributed by atoms with Gasteiger partial charge in [0.25, 0.3) is 0 Å². The van der Waals surface area contributed by atoms with Crippen LogP contribution >= 0.6 is 15.9 Å². The SMILES string of the molecule is CCCc1nc(N)c2cccc(Br)c2n1. The van der Waals surface area contributed by atoms with Crippen molar-refractivity contribution >= 4 is 32.7 Å². The highest BCUT2D eigenvalue weighted by atomic mass is 79.9. The van der Waals surface area contributed by atoms with Crippen LogP contribution in [0, 0.1) is 0 Å². The highest BCUT2D eigenvalue weighted by molar-refractivity contribution is 9.10. The van der Waals surface area contributed by atoms with Crippen molar-refractivity contribution in [3.63, 3.8) is 0 Å². The Morgan fingerprint density at radius 3 is 2.87 bits per heavy atom. The molecule has 2 rings (SSSR count). The summed E-state index contributed by atoms with van der Waals surface area (Å²) in [4.78, 5) is 8.77. The van der Waals surface area contributed by atoms with Crippen LogP contribution in [0.5, 0.6) is 0 Å². The molecule has 78 valence electrons. The molecule has 0 amide bonds. The number of aryl methyl sites for hydroxylation is 1. The number of hydrogen-bond acceptors (Lipinski definition) is 3. The maximum Gasteiger partial charge on any atom is 0.135 e. The van der Waals surface area contributed by atoms with Crippen LogP contribution in [0.2, 0.25) is 0 Å². The van der Waals surface area contributed by atoms with Gasteiger partial charge >= 0.3 is 0 Å². The van der Waals surface area contributed by atoms with Crippen LogP contribution in [0.3, 0.4) is 0 Å². The third kappa shape index (κ3) is 1.95. The van der Waals surface area contributed by atoms with Gasteiger partial charge in [0.2, 0.25) is 0 Å². The molecule has 0 radical (unpaired) electrons. The van der Waals surface area contributed by atoms with Crippen LogP contribution in [0.4, 0.5) is 5.82 Å². The zero-order valence-electron chi connectivity index (χ0n) is 8.50. The van der Waals surface area contributed by atoms with E-state index in [-0.39, 0.29) is 0 Å². The van der Waals surface area contributed by atoms with Gasteiger partial charge in [-0.3, -0.25) is 0 Å². The van der Waals surface area contributed by atoms with E-state index in [9.17, 15) is 0 Å². The third-order valence-electron chi connectivity index (χ3n) is 2.23. The lowest BCUT2D eigenvalue weighted by Gasteiger charge is -2.05. The Morgan fingerprint density at radius 2 is 2.13 bits per heavy atom. The molecule has 0 bridgehead atoms. The predicted molar refractivity (Wildman–Crippen MR) is 65.6 cm³/mol. The normalized spacial score (nSPS) is 10.8. The lowest BCUT2D eigenvalue weighted by molar-refractivity contribution is 0.846. The standard InChI is InChI=1S/C11H12BrN3/c1-2-4-9-14-10-7(11(13)15-9)5-3-6-8(10)12/h3,5-6H,2,4H2,1H3,(H2,13,14,15). The molecule has 0 aliphatic carbocycles. The first-order chi connectivity index (χ1) is 7.22. The number of nitrogens with two attached hydrogens (primary N) is 1. The zero-order chi connectivity index (χ0) is 10.8. The monoisotopic (exact) mass is 265 g/mol. The van der Waals surface area contributed by atoms with Crippen LogP contribution in [0.1, 0.15) is 19.2 Å². The number of rotatable bonds is 2. The van der Waals surface area contributed by atoms with Gasteiger partial charge in [-0.2, -0.15) is 0 Å². The van der Waals surface area contributed by atoms with Gasteiger partial charge in [-0.15, -0.1) is 0 Å². The molecular weight excluding hydrogens is 254 g/mol. The number of hydrogen-bond donors (Lipinski definition) is 1. The van der Waals surface area contributed by atoms with E-state index in [1.807, 2.05) is 18.2 Å². The van der Waals surface area contributed by atoms with Crippen molar-refractivity contribution in [3.8, 4) is 0 Å². The second-order valence-corrected chi connectivity index (χ2v) is 4.27. The smallest absolute Gasteiger partial charge is 0.135 e. The summed E-state index contributed by atoms with van der Waals surface area (Å²) in [5, 5.41) is 0.907. The molecule has 0 unspecified atom stereocenters. The molecule has 0 aliphatic heterocycles. The summed E-state index contributed by atoms with van der Waals surface area (Å²) in [5.41, 5.74) is 6.78. The van der Waals surface area contributed by atoms with E-state index in [1.54, 1.807) is 0 Å². The molecule has 0 aliphatic rings. The topological polar surface area (TPSA) is 51.8 Å². The number of anilines is 1. The van der Waals surface area contributed by atoms with Gasteiger partial charge in [0, 0.05) is 16.3 Å². The van der Waals surface area contributed by atoms with Crippen molar-refractivity contribution in [2.45, 2.75) is 19.8 Å². The molecule has 2 N–H and O–H groups in total. The van der Waals surface area contributed by atoms with E-state index < -0.39 is 0 Å². The number of halogens is 1. The summed E-state index contributed by atoms with van der Waals surface area (Å²) in [6.45, 7) is 2.10. The minimum Gasteiger partial charge on any atom is -0.383 e. The first-order valence-corrected chi connectivity index (χ1v) is 5.72. The Kier molecular flexibility index (Phi) is 2.86. The fourth-order valence-corrected chi connectivity index (χ4v) is 1.98. The molecule has 1 aromatic heterocycles. The minimum atomic E-state index is 0.560. The van der Waals surface area contributed by atoms with Gasteiger partial charge in [0.15, 0.2) is 0 Å². The summed E-state index contributed by atoms with van der Waals surface area (Å²) in [6.07, 6.45) is 1.89. The summed E-state index contributed by atoms with van der Waals surface area (Å²) in [6, 6.07) is 5.83. The zero-order valence-corrected chi connectivity index (χ0v) is 10.1. The highest BCUT2D eigenvalue weighted by Crippen LogP contribution is 2.25. The van der Waals surface area contributed by atoms with Crippen molar-refractivity contribution in [3.05, 3.63) is 28.5 Å². The molecule has 0 saturated heterocycles. The van der Waals surface area contributed by atoms with E-state index >= 15 is 0 Å². The largest absolute Gasteiger partial charge is 0.383 e. The molecule has 2 aromatic rings. The van der Waals surface area contributed by atoms with Crippen LogP contribution in [0.15, 0.2) is 22.7 Å². The average molecular weight is 266 g/mol. The van der Waals surface area contributed by atoms with Crippen molar-refractivity contribution in [2.24, 2.45) is 0 Å². The summed E-state index contributed by atoms with van der Waals surface area (Å²) in [5.74, 6) is 1.37. The Labute approximate surface area is 96.9 Å². The minimum absolute atomic E-state index is 0.560. The molecule has 0 spiro atoms. The maximum absolute atomic E-state index is 5.88. The lowest BCUT2D eigenvalue weighted by atomic mass is 10.2. The van der Waals surface area contributed by atoms with E-state index in [1.165, 1.54) is 0 Å². The number of aromatic nitrogens is 2. The Hall–Kier alpha value is -1.16. The molecule has 1 heterocycles. The van der Waals surface area contributed by atoms with Gasteiger partial charge in [0.05, 0.1) is 5.52 Å². The predicted octanol–water partition coefficient (Wildman–Crippen LogP) is 2.93. The second kappa shape index (κ2) is 4.14. The molecule has 0 atom stereocenters. The Morgan fingerprint density at radius 1 is 1.33 bits per heavy atom. The van der Waals surface area contributed by atoms with E-state index in [2.05, 4.69) is 32.8 Å². The fourth-order valence-electron chi connectivity index (χ4n) is 1.52. The molecule has 4 heteroatoms. The van der Waals surface area contributed by atoms with Crippen LogP contribution in [0.25, 0.3) is 10.9 Å². The quantitative estimate of drug-likeness (QED) is 0.909. The Bertz CT molecular complexity index is 496. The number of nitrogen functional groups attached to an aromatic ring is 1. The Balaban J connectivity index is 2.68. The molecule has 15 heavy (non-hydrogen) atoms. The first-order valence-electron chi connectivity index (χ1n) is 4.93. The number of benzene rings is 1. The van der Waals surface area contributed by atoms with Crippen LogP contribution < -0.4 is 5.73 Å². The molecule has 0 fully saturated rings. The van der Waals surface area contributed by atoms with Crippen LogP contribution in [-0.4, -0.2) is 9.97 Å². The molecule has 1 aromatic carbocycles. The third-order valence-corrected chi connectivity index (χ3v) is 2.87. The van der Waals surface area contributed by atoms with Crippen molar-refractivity contribution in [1.82, 2.24) is 9.97 Å². The van der Waals surface area contributed by atoms with Gasteiger partial charge in [0.1, 0.15) is 11.6 Å². The molecular formula is C11H12BrN3. The number of nitrogens with zero attached hydrogens (tertiary/aromatic N) is 2. The fraction of sp³-hybridized carbons (Fsp3) is 0.273. The van der Waals surface area contributed by atoms with Gasteiger partial charge in [-0.05, 0) is 34.5 Å². The molecule has 3 nitrogen and oxygen atoms in total. The summed E-state index contributed by atoms with van der Waals surface area (Å²) < 4.78 is 0.964. The second-order valence-electron chi connectivity index (χ2n) is 3.41. The summed E-state index contributed by atoms with van der Waals surface area (Å²) >= 11 is 3.47. The van der Waals surface area contributed by atoms with Crippen molar-refractivity contribution in [1.29, 1.82) is 0 Å². The average Bonchev–Trinajstić information content (AvgIpc) is 2.20. The van der Waals surface area contributed by atoms with Crippen molar-refractivity contribution in [2.75, 3.05) is 5.73 Å². The van der Waals surface area contributed by atoms with E-state index in [0.29, 0.717) is 5.82 Å². The number of fused-ring (bicyclic) bond motifs is 1. The van der Waals surface area contributed by atoms with Gasteiger partial charge in [-0.1, -0.05) is 13.0 Å². The van der Waals surface area contributed by atoms with Gasteiger partial charge < -0.3 is 5.73 Å². The number of para-hydroxylation sites is 1. The van der Waals surface area contributed by atoms with Crippen molar-refractivity contribution < 1.29 is 0 Å². The highest BCUT2D eigenvalue weighted by Gasteiger charge is 2.06. The van der Waals surface area contributed by atoms with E-state index in [4.69, 9.17) is 5.73 Å². The maximum atomic E-state index is 5.88. The molecule has 0 saturated carbocycles. The lowest BCUT2D eigenvalue weighted by Crippen LogP contribution is -2.01. The van der Waals surface area contributed by atoms with E-state index in [0.717, 1.165) is 34.0 Å². The summed E-state index contributed by atoms with van der Waals surface area (Å²) in [7, 11) is 0. The van der Waals surface area contributed by atoms with Crippen LogP contribution in [-0.2, 0) is 6.42 Å². The van der Waals surface area contributed by atoms with Gasteiger partial charge in [-0.25, -0.2) is 9.97 Å².